The molecule has 26 heavy (non-hydrogen) atoms. The summed E-state index contributed by atoms with van der Waals surface area (Å²) in [5.41, 5.74) is 5.55. The number of aliphatic hydroxyl groups excluding tert-OH is 1. The molecule has 2 unspecified atom stereocenters. The summed E-state index contributed by atoms with van der Waals surface area (Å²) in [7, 11) is -1.14. The van der Waals surface area contributed by atoms with E-state index in [1.54, 1.807) is 0 Å². The van der Waals surface area contributed by atoms with Crippen LogP contribution in [0.2, 0.25) is 5.04 Å². The third kappa shape index (κ3) is 6.36. The Labute approximate surface area is 159 Å². The Bertz CT molecular complexity index is 580. The first-order valence-electron chi connectivity index (χ1n) is 9.49. The molecule has 1 saturated heterocycles. The van der Waals surface area contributed by atoms with Crippen LogP contribution in [-0.2, 0) is 4.74 Å². The van der Waals surface area contributed by atoms with Gasteiger partial charge in [0.05, 0.1) is 19.3 Å². The van der Waals surface area contributed by atoms with E-state index in [0.717, 1.165) is 12.8 Å². The van der Waals surface area contributed by atoms with Crippen molar-refractivity contribution in [2.24, 2.45) is 5.73 Å². The molecule has 0 spiro atoms. The van der Waals surface area contributed by atoms with Crippen molar-refractivity contribution in [3.63, 3.8) is 0 Å². The normalized spacial score (nSPS) is 20.4. The van der Waals surface area contributed by atoms with Crippen molar-refractivity contribution in [3.05, 3.63) is 60.7 Å². The minimum Gasteiger partial charge on any atom is -0.394 e. The molecule has 1 heterocycles. The molecule has 2 aromatic carbocycles. The van der Waals surface area contributed by atoms with Gasteiger partial charge in [0.15, 0.2) is 0 Å². The van der Waals surface area contributed by atoms with E-state index >= 15 is 0 Å². The van der Waals surface area contributed by atoms with Gasteiger partial charge in [0.1, 0.15) is 8.80 Å². The highest BCUT2D eigenvalue weighted by molar-refractivity contribution is 6.87. The first-order valence-corrected chi connectivity index (χ1v) is 11.2. The molecule has 0 saturated carbocycles. The van der Waals surface area contributed by atoms with Gasteiger partial charge in [0, 0.05) is 6.04 Å². The molecule has 4 heteroatoms. The van der Waals surface area contributed by atoms with Crippen molar-refractivity contribution >= 4 is 19.2 Å². The second-order valence-electron chi connectivity index (χ2n) is 8.10. The van der Waals surface area contributed by atoms with E-state index in [2.05, 4.69) is 81.4 Å². The van der Waals surface area contributed by atoms with Crippen LogP contribution in [0.5, 0.6) is 0 Å². The Morgan fingerprint density at radius 1 is 0.962 bits per heavy atom. The fourth-order valence-electron chi connectivity index (χ4n) is 3.45. The van der Waals surface area contributed by atoms with Crippen LogP contribution in [0.15, 0.2) is 60.7 Å². The number of ether oxygens (including phenoxy) is 1. The summed E-state index contributed by atoms with van der Waals surface area (Å²) >= 11 is 0. The Morgan fingerprint density at radius 3 is 1.81 bits per heavy atom. The number of hydrogen-bond acceptors (Lipinski definition) is 3. The zero-order valence-corrected chi connectivity index (χ0v) is 17.4. The average Bonchev–Trinajstić information content (AvgIpc) is 2.64. The largest absolute Gasteiger partial charge is 0.394 e. The molecule has 0 aromatic heterocycles. The van der Waals surface area contributed by atoms with E-state index in [9.17, 15) is 0 Å². The summed E-state index contributed by atoms with van der Waals surface area (Å²) < 4.78 is 5.16. The lowest BCUT2D eigenvalue weighted by Crippen LogP contribution is -2.48. The summed E-state index contributed by atoms with van der Waals surface area (Å²) in [6.07, 6.45) is 1.92. The van der Waals surface area contributed by atoms with E-state index in [1.165, 1.54) is 10.4 Å². The summed E-state index contributed by atoms with van der Waals surface area (Å²) in [5, 5.41) is 12.0. The molecule has 3 nitrogen and oxygen atoms in total. The minimum absolute atomic E-state index is 0.0461. The monoisotopic (exact) mass is 371 g/mol. The van der Waals surface area contributed by atoms with Crippen LogP contribution >= 0.6 is 0 Å². The number of benzene rings is 2. The molecule has 2 aromatic rings. The maximum Gasteiger partial charge on any atom is 0.108 e. The maximum absolute atomic E-state index is 8.61. The van der Waals surface area contributed by atoms with Crippen LogP contribution in [0.4, 0.5) is 0 Å². The van der Waals surface area contributed by atoms with Gasteiger partial charge in [-0.1, -0.05) is 91.8 Å². The fraction of sp³-hybridized carbons (Fsp3) is 0.455. The van der Waals surface area contributed by atoms with Crippen LogP contribution in [0.3, 0.4) is 0 Å². The van der Waals surface area contributed by atoms with Crippen molar-refractivity contribution in [3.8, 4) is 0 Å². The van der Waals surface area contributed by atoms with Gasteiger partial charge in [-0.25, -0.2) is 0 Å². The molecule has 142 valence electrons. The van der Waals surface area contributed by atoms with Crippen LogP contribution in [0.25, 0.3) is 0 Å². The van der Waals surface area contributed by atoms with Crippen LogP contribution in [0, 0.1) is 0 Å². The van der Waals surface area contributed by atoms with Crippen molar-refractivity contribution in [2.45, 2.75) is 50.8 Å². The van der Waals surface area contributed by atoms with Gasteiger partial charge < -0.3 is 15.6 Å². The molecule has 2 atom stereocenters. The number of hydrogen-bond donors (Lipinski definition) is 2. The summed E-state index contributed by atoms with van der Waals surface area (Å²) in [4.78, 5) is 0. The van der Waals surface area contributed by atoms with Crippen LogP contribution in [0.1, 0.15) is 33.6 Å². The van der Waals surface area contributed by atoms with Gasteiger partial charge in [-0.3, -0.25) is 0 Å². The smallest absolute Gasteiger partial charge is 0.108 e. The summed E-state index contributed by atoms with van der Waals surface area (Å²) in [6, 6.07) is 22.2. The number of nitrogens with two attached hydrogens (primary N) is 1. The Morgan fingerprint density at radius 2 is 1.46 bits per heavy atom. The quantitative estimate of drug-likeness (QED) is 0.814. The van der Waals surface area contributed by atoms with Crippen molar-refractivity contribution in [1.82, 2.24) is 0 Å². The average molecular weight is 372 g/mol. The third-order valence-corrected chi connectivity index (χ3v) is 8.58. The summed E-state index contributed by atoms with van der Waals surface area (Å²) in [5.74, 6) is 0. The van der Waals surface area contributed by atoms with Crippen molar-refractivity contribution in [2.75, 3.05) is 13.2 Å². The van der Waals surface area contributed by atoms with E-state index in [1.807, 2.05) is 0 Å². The molecular formula is C22H33NO2Si. The Hall–Kier alpha value is -1.46. The molecular weight excluding hydrogens is 338 g/mol. The minimum atomic E-state index is -1.14. The second-order valence-corrected chi connectivity index (χ2v) is 12.0. The van der Waals surface area contributed by atoms with E-state index in [-0.39, 0.29) is 18.8 Å². The van der Waals surface area contributed by atoms with Crippen LogP contribution < -0.4 is 16.1 Å². The standard InChI is InChI=1S/C16H20Si.C6H13NO2/c1-16(2,3)17(14-10-6-4-7-11-14)15-12-8-5-9-13-15;7-5-1-2-6(3-8)9-4-5/h4-13,17H,1-3H3;5-6,8H,1-4,7H2. The lowest BCUT2D eigenvalue weighted by Gasteiger charge is -2.30. The lowest BCUT2D eigenvalue weighted by atomic mass is 10.1. The first kappa shape index (κ1) is 20.8. The van der Waals surface area contributed by atoms with Crippen molar-refractivity contribution in [1.29, 1.82) is 0 Å². The molecule has 0 aliphatic carbocycles. The molecule has 0 bridgehead atoms. The molecule has 3 rings (SSSR count). The molecule has 1 fully saturated rings. The Balaban J connectivity index is 0.000000228. The van der Waals surface area contributed by atoms with E-state index in [0.29, 0.717) is 11.6 Å². The topological polar surface area (TPSA) is 55.5 Å². The van der Waals surface area contributed by atoms with Gasteiger partial charge >= 0.3 is 0 Å². The van der Waals surface area contributed by atoms with Crippen molar-refractivity contribution < 1.29 is 9.84 Å². The van der Waals surface area contributed by atoms with Gasteiger partial charge in [0.2, 0.25) is 0 Å². The van der Waals surface area contributed by atoms with Gasteiger partial charge in [0.25, 0.3) is 0 Å². The second kappa shape index (κ2) is 10.0. The molecule has 1 aliphatic rings. The lowest BCUT2D eigenvalue weighted by molar-refractivity contribution is -0.0254. The zero-order valence-electron chi connectivity index (χ0n) is 16.3. The highest BCUT2D eigenvalue weighted by Crippen LogP contribution is 2.26. The van der Waals surface area contributed by atoms with Gasteiger partial charge in [-0.05, 0) is 17.9 Å². The highest BCUT2D eigenvalue weighted by Gasteiger charge is 2.29. The van der Waals surface area contributed by atoms with E-state index in [4.69, 9.17) is 15.6 Å². The number of rotatable bonds is 3. The molecule has 3 N–H and O–H groups in total. The predicted molar refractivity (Wildman–Crippen MR) is 113 cm³/mol. The summed E-state index contributed by atoms with van der Waals surface area (Å²) in [6.45, 7) is 7.83. The zero-order chi connectivity index (χ0) is 19.0. The fourth-order valence-corrected chi connectivity index (χ4v) is 7.05. The molecule has 0 amide bonds. The molecule has 0 radical (unpaired) electrons. The first-order chi connectivity index (χ1) is 12.4. The van der Waals surface area contributed by atoms with Gasteiger partial charge in [-0.2, -0.15) is 0 Å². The van der Waals surface area contributed by atoms with Crippen LogP contribution in [-0.4, -0.2) is 39.3 Å². The SMILES string of the molecule is CC(C)(C)[SiH](c1ccccc1)c1ccccc1.NC1CCC(CO)OC1. The maximum atomic E-state index is 8.61. The highest BCUT2D eigenvalue weighted by atomic mass is 28.3. The third-order valence-electron chi connectivity index (χ3n) is 4.74. The van der Waals surface area contributed by atoms with E-state index < -0.39 is 8.80 Å². The number of aliphatic hydroxyl groups is 1. The Kier molecular flexibility index (Phi) is 8.03. The molecule has 1 aliphatic heterocycles. The predicted octanol–water partition coefficient (Wildman–Crippen LogP) is 2.31. The van der Waals surface area contributed by atoms with Gasteiger partial charge in [-0.15, -0.1) is 0 Å².